The predicted molar refractivity (Wildman–Crippen MR) is 87.1 cm³/mol. The van der Waals surface area contributed by atoms with Crippen molar-refractivity contribution < 1.29 is 22.4 Å². The lowest BCUT2D eigenvalue weighted by molar-refractivity contribution is -0.137. The minimum Gasteiger partial charge on any atom is -0.441 e. The lowest BCUT2D eigenvalue weighted by Gasteiger charge is -2.10. The molecule has 1 heterocycles. The van der Waals surface area contributed by atoms with Gasteiger partial charge in [-0.15, -0.1) is 0 Å². The predicted octanol–water partition coefficient (Wildman–Crippen LogP) is 4.73. The first kappa shape index (κ1) is 17.0. The number of hydrogen-bond donors (Lipinski definition) is 1. The molecule has 0 fully saturated rings. The summed E-state index contributed by atoms with van der Waals surface area (Å²) in [6.07, 6.45) is -3.84. The fraction of sp³-hybridized carbons (Fsp3) is 0.222. The number of aryl methyl sites for hydroxylation is 2. The molecule has 1 aromatic heterocycles. The second-order valence-electron chi connectivity index (χ2n) is 5.66. The van der Waals surface area contributed by atoms with Crippen LogP contribution in [-0.2, 0) is 17.4 Å². The Labute approximate surface area is 141 Å². The van der Waals surface area contributed by atoms with Gasteiger partial charge in [0, 0.05) is 19.0 Å². The molecule has 0 atom stereocenters. The van der Waals surface area contributed by atoms with Crippen molar-refractivity contribution in [3.8, 4) is 0 Å². The molecule has 0 aliphatic heterocycles. The minimum absolute atomic E-state index is 0.127. The summed E-state index contributed by atoms with van der Waals surface area (Å²) in [5, 5.41) is 2.49. The topological polar surface area (TPSA) is 55.1 Å². The number of halogens is 3. The third-order valence-corrected chi connectivity index (χ3v) is 3.67. The van der Waals surface area contributed by atoms with Gasteiger partial charge in [0.2, 0.25) is 5.91 Å². The molecule has 0 spiro atoms. The van der Waals surface area contributed by atoms with E-state index in [9.17, 15) is 18.0 Å². The van der Waals surface area contributed by atoms with Crippen molar-refractivity contribution in [3.05, 3.63) is 59.5 Å². The molecule has 1 amide bonds. The zero-order valence-corrected chi connectivity index (χ0v) is 13.4. The number of oxazole rings is 1. The Balaban J connectivity index is 1.62. The van der Waals surface area contributed by atoms with Crippen LogP contribution in [0.4, 0.5) is 18.9 Å². The Morgan fingerprint density at radius 2 is 2.00 bits per heavy atom. The van der Waals surface area contributed by atoms with E-state index >= 15 is 0 Å². The zero-order valence-electron chi connectivity index (χ0n) is 13.4. The Bertz CT molecular complexity index is 916. The highest BCUT2D eigenvalue weighted by atomic mass is 19.4. The van der Waals surface area contributed by atoms with Crippen LogP contribution < -0.4 is 5.32 Å². The van der Waals surface area contributed by atoms with Crippen molar-refractivity contribution in [1.82, 2.24) is 4.98 Å². The first-order valence-electron chi connectivity index (χ1n) is 7.64. The summed E-state index contributed by atoms with van der Waals surface area (Å²) in [6, 6.07) is 10.0. The second kappa shape index (κ2) is 6.58. The van der Waals surface area contributed by atoms with Crippen molar-refractivity contribution in [2.75, 3.05) is 5.32 Å². The summed E-state index contributed by atoms with van der Waals surface area (Å²) in [6.45, 7) is 1.75. The van der Waals surface area contributed by atoms with Crippen molar-refractivity contribution in [3.63, 3.8) is 0 Å². The first-order valence-corrected chi connectivity index (χ1v) is 7.64. The number of hydrogen-bond acceptors (Lipinski definition) is 3. The Kier molecular flexibility index (Phi) is 4.48. The molecule has 1 N–H and O–H groups in total. The summed E-state index contributed by atoms with van der Waals surface area (Å²) in [7, 11) is 0. The van der Waals surface area contributed by atoms with Gasteiger partial charge >= 0.3 is 6.18 Å². The molecule has 7 heteroatoms. The van der Waals surface area contributed by atoms with Crippen LogP contribution in [0.1, 0.15) is 23.4 Å². The van der Waals surface area contributed by atoms with Gasteiger partial charge in [0.1, 0.15) is 5.52 Å². The van der Waals surface area contributed by atoms with Gasteiger partial charge in [0.15, 0.2) is 11.5 Å². The summed E-state index contributed by atoms with van der Waals surface area (Å²) < 4.78 is 43.4. The van der Waals surface area contributed by atoms with Crippen molar-refractivity contribution >= 4 is 22.7 Å². The van der Waals surface area contributed by atoms with Crippen LogP contribution in [0.15, 0.2) is 46.9 Å². The Morgan fingerprint density at radius 3 is 2.76 bits per heavy atom. The van der Waals surface area contributed by atoms with Gasteiger partial charge < -0.3 is 9.73 Å². The number of carbonyl (C=O) groups is 1. The van der Waals surface area contributed by atoms with Gasteiger partial charge in [-0.1, -0.05) is 12.1 Å². The van der Waals surface area contributed by atoms with Crippen LogP contribution in [0, 0.1) is 6.92 Å². The molecule has 0 radical (unpaired) electrons. The summed E-state index contributed by atoms with van der Waals surface area (Å²) >= 11 is 0. The van der Waals surface area contributed by atoms with E-state index < -0.39 is 11.7 Å². The Hall–Kier alpha value is -2.83. The van der Waals surface area contributed by atoms with Crippen molar-refractivity contribution in [2.24, 2.45) is 0 Å². The fourth-order valence-corrected chi connectivity index (χ4v) is 2.50. The lowest BCUT2D eigenvalue weighted by atomic mass is 10.1. The fourth-order valence-electron chi connectivity index (χ4n) is 2.50. The van der Waals surface area contributed by atoms with E-state index in [1.807, 2.05) is 12.1 Å². The molecule has 0 aliphatic carbocycles. The minimum atomic E-state index is -4.44. The largest absolute Gasteiger partial charge is 0.441 e. The summed E-state index contributed by atoms with van der Waals surface area (Å²) in [4.78, 5) is 16.2. The molecular weight excluding hydrogens is 333 g/mol. The molecule has 0 aliphatic rings. The van der Waals surface area contributed by atoms with E-state index in [2.05, 4.69) is 10.3 Å². The third-order valence-electron chi connectivity index (χ3n) is 3.67. The standard InChI is InChI=1S/C18H15F3N2O2/c1-11-22-15-9-12(5-7-16(15)25-11)6-8-17(24)23-14-4-2-3-13(10-14)18(19,20)21/h2-5,7,9-10H,6,8H2,1H3,(H,23,24). The highest BCUT2D eigenvalue weighted by molar-refractivity contribution is 5.91. The summed E-state index contributed by atoms with van der Waals surface area (Å²) in [5.74, 6) is 0.213. The van der Waals surface area contributed by atoms with Gasteiger partial charge in [0.25, 0.3) is 0 Å². The number of amides is 1. The quantitative estimate of drug-likeness (QED) is 0.742. The lowest BCUT2D eigenvalue weighted by Crippen LogP contribution is -2.13. The van der Waals surface area contributed by atoms with E-state index in [0.29, 0.717) is 23.4 Å². The maximum absolute atomic E-state index is 12.7. The maximum atomic E-state index is 12.7. The number of anilines is 1. The monoisotopic (exact) mass is 348 g/mol. The van der Waals surface area contributed by atoms with Crippen LogP contribution in [-0.4, -0.2) is 10.9 Å². The number of aromatic nitrogens is 1. The molecule has 2 aromatic carbocycles. The van der Waals surface area contributed by atoms with E-state index in [-0.39, 0.29) is 18.0 Å². The molecule has 3 rings (SSSR count). The highest BCUT2D eigenvalue weighted by Crippen LogP contribution is 2.30. The van der Waals surface area contributed by atoms with Crippen molar-refractivity contribution in [2.45, 2.75) is 25.9 Å². The highest BCUT2D eigenvalue weighted by Gasteiger charge is 2.30. The van der Waals surface area contributed by atoms with Gasteiger partial charge in [-0.05, 0) is 42.3 Å². The van der Waals surface area contributed by atoms with Crippen LogP contribution in [0.3, 0.4) is 0 Å². The van der Waals surface area contributed by atoms with Crippen LogP contribution in [0.25, 0.3) is 11.1 Å². The van der Waals surface area contributed by atoms with Crippen LogP contribution in [0.2, 0.25) is 0 Å². The van der Waals surface area contributed by atoms with Gasteiger partial charge in [-0.25, -0.2) is 4.98 Å². The van der Waals surface area contributed by atoms with Gasteiger partial charge in [0.05, 0.1) is 5.56 Å². The van der Waals surface area contributed by atoms with E-state index in [4.69, 9.17) is 4.42 Å². The number of carbonyl (C=O) groups excluding carboxylic acids is 1. The van der Waals surface area contributed by atoms with E-state index in [0.717, 1.165) is 17.7 Å². The van der Waals surface area contributed by atoms with Gasteiger partial charge in [-0.3, -0.25) is 4.79 Å². The molecule has 25 heavy (non-hydrogen) atoms. The number of nitrogens with zero attached hydrogens (tertiary/aromatic N) is 1. The molecule has 4 nitrogen and oxygen atoms in total. The van der Waals surface area contributed by atoms with E-state index in [1.54, 1.807) is 13.0 Å². The van der Waals surface area contributed by atoms with E-state index in [1.165, 1.54) is 12.1 Å². The molecule has 0 bridgehead atoms. The number of nitrogens with one attached hydrogen (secondary N) is 1. The number of rotatable bonds is 4. The van der Waals surface area contributed by atoms with Gasteiger partial charge in [-0.2, -0.15) is 13.2 Å². The molecule has 0 saturated heterocycles. The number of fused-ring (bicyclic) bond motifs is 1. The normalized spacial score (nSPS) is 11.7. The van der Waals surface area contributed by atoms with Crippen molar-refractivity contribution in [1.29, 1.82) is 0 Å². The number of benzene rings is 2. The third kappa shape index (κ3) is 4.17. The Morgan fingerprint density at radius 1 is 1.20 bits per heavy atom. The molecule has 130 valence electrons. The average molecular weight is 348 g/mol. The smallest absolute Gasteiger partial charge is 0.416 e. The maximum Gasteiger partial charge on any atom is 0.416 e. The van der Waals surface area contributed by atoms with Crippen LogP contribution >= 0.6 is 0 Å². The molecule has 3 aromatic rings. The summed E-state index contributed by atoms with van der Waals surface area (Å²) in [5.41, 5.74) is 1.63. The SMILES string of the molecule is Cc1nc2cc(CCC(=O)Nc3cccc(C(F)(F)F)c3)ccc2o1. The number of alkyl halides is 3. The first-order chi connectivity index (χ1) is 11.8. The average Bonchev–Trinajstić information content (AvgIpc) is 2.91. The molecule has 0 saturated carbocycles. The molecule has 0 unspecified atom stereocenters. The zero-order chi connectivity index (χ0) is 18.0. The van der Waals surface area contributed by atoms with Crippen LogP contribution in [0.5, 0.6) is 0 Å². The molecular formula is C18H15F3N2O2. The second-order valence-corrected chi connectivity index (χ2v) is 5.66.